The molecule has 1 aromatic carbocycles. The highest BCUT2D eigenvalue weighted by Crippen LogP contribution is 2.30. The van der Waals surface area contributed by atoms with E-state index in [9.17, 15) is 18.0 Å². The van der Waals surface area contributed by atoms with Gasteiger partial charge in [-0.2, -0.15) is 13.2 Å². The number of rotatable bonds is 4. The Balaban J connectivity index is 0.00000280. The van der Waals surface area contributed by atoms with E-state index >= 15 is 0 Å². The molecule has 0 unspecified atom stereocenters. The third kappa shape index (κ3) is 5.34. The van der Waals surface area contributed by atoms with Crippen LogP contribution in [0.5, 0.6) is 0 Å². The van der Waals surface area contributed by atoms with Gasteiger partial charge < -0.3 is 15.5 Å². The minimum absolute atomic E-state index is 0. The normalized spacial score (nSPS) is 13.7. The smallest absolute Gasteiger partial charge is 0.350 e. The van der Waals surface area contributed by atoms with Crippen LogP contribution in [0.25, 0.3) is 0 Å². The van der Waals surface area contributed by atoms with Crippen molar-refractivity contribution in [1.82, 2.24) is 15.6 Å². The number of hydrogen-bond acceptors (Lipinski definition) is 4. The SMILES string of the molecule is CN=C(NCC(=O)N1CCc2ccccc21)NCc1nc(C(F)(F)F)cs1.I. The molecule has 28 heavy (non-hydrogen) atoms. The van der Waals surface area contributed by atoms with Gasteiger partial charge in [0.15, 0.2) is 11.7 Å². The number of guanidine groups is 1. The first-order valence-electron chi connectivity index (χ1n) is 8.23. The van der Waals surface area contributed by atoms with E-state index < -0.39 is 11.9 Å². The Bertz CT molecular complexity index is 855. The molecule has 0 radical (unpaired) electrons. The van der Waals surface area contributed by atoms with Crippen molar-refractivity contribution in [3.8, 4) is 0 Å². The van der Waals surface area contributed by atoms with Gasteiger partial charge in [0.25, 0.3) is 0 Å². The number of hydrogen-bond donors (Lipinski definition) is 2. The minimum atomic E-state index is -4.45. The first-order chi connectivity index (χ1) is 12.9. The number of para-hydroxylation sites is 1. The van der Waals surface area contributed by atoms with Gasteiger partial charge in [0.1, 0.15) is 5.01 Å². The van der Waals surface area contributed by atoms with Crippen LogP contribution < -0.4 is 15.5 Å². The van der Waals surface area contributed by atoms with Gasteiger partial charge in [0.05, 0.1) is 13.1 Å². The average molecular weight is 525 g/mol. The summed E-state index contributed by atoms with van der Waals surface area (Å²) >= 11 is 0.914. The molecule has 152 valence electrons. The summed E-state index contributed by atoms with van der Waals surface area (Å²) in [6.45, 7) is 0.742. The Kier molecular flexibility index (Phi) is 7.63. The molecule has 0 spiro atoms. The van der Waals surface area contributed by atoms with E-state index in [2.05, 4.69) is 20.6 Å². The number of amides is 1. The van der Waals surface area contributed by atoms with Crippen molar-refractivity contribution in [2.24, 2.45) is 4.99 Å². The number of thiazole rings is 1. The Morgan fingerprint density at radius 3 is 2.75 bits per heavy atom. The molecular formula is C17H19F3IN5OS. The van der Waals surface area contributed by atoms with Crippen molar-refractivity contribution >= 4 is 52.9 Å². The van der Waals surface area contributed by atoms with E-state index in [1.807, 2.05) is 24.3 Å². The zero-order valence-electron chi connectivity index (χ0n) is 14.9. The van der Waals surface area contributed by atoms with E-state index in [4.69, 9.17) is 0 Å². The maximum absolute atomic E-state index is 12.6. The molecule has 2 N–H and O–H groups in total. The van der Waals surface area contributed by atoms with Crippen LogP contribution in [0.4, 0.5) is 18.9 Å². The lowest BCUT2D eigenvalue weighted by molar-refractivity contribution is -0.140. The number of fused-ring (bicyclic) bond motifs is 1. The van der Waals surface area contributed by atoms with Crippen LogP contribution in [0.2, 0.25) is 0 Å². The molecule has 1 aliphatic rings. The Labute approximate surface area is 181 Å². The second-order valence-electron chi connectivity index (χ2n) is 5.83. The number of aliphatic imine (C=N–C) groups is 1. The number of nitrogens with one attached hydrogen (secondary N) is 2. The number of aromatic nitrogens is 1. The molecule has 2 heterocycles. The molecule has 0 atom stereocenters. The summed E-state index contributed by atoms with van der Waals surface area (Å²) in [6, 6.07) is 7.75. The first kappa shape index (κ1) is 22.4. The summed E-state index contributed by atoms with van der Waals surface area (Å²) < 4.78 is 37.7. The predicted molar refractivity (Wildman–Crippen MR) is 113 cm³/mol. The van der Waals surface area contributed by atoms with Crippen molar-refractivity contribution in [2.45, 2.75) is 19.1 Å². The van der Waals surface area contributed by atoms with Gasteiger partial charge in [-0.15, -0.1) is 35.3 Å². The average Bonchev–Trinajstić information content (AvgIpc) is 3.28. The number of alkyl halides is 3. The molecule has 0 fully saturated rings. The van der Waals surface area contributed by atoms with Crippen LogP contribution in [0, 0.1) is 0 Å². The second-order valence-corrected chi connectivity index (χ2v) is 6.77. The number of nitrogens with zero attached hydrogens (tertiary/aromatic N) is 3. The molecule has 1 aliphatic heterocycles. The van der Waals surface area contributed by atoms with E-state index in [0.29, 0.717) is 12.5 Å². The highest BCUT2D eigenvalue weighted by Gasteiger charge is 2.33. The molecular weight excluding hydrogens is 506 g/mol. The summed E-state index contributed by atoms with van der Waals surface area (Å²) in [5.74, 6) is 0.219. The van der Waals surface area contributed by atoms with Crippen molar-refractivity contribution in [1.29, 1.82) is 0 Å². The third-order valence-corrected chi connectivity index (χ3v) is 4.92. The predicted octanol–water partition coefficient (Wildman–Crippen LogP) is 3.03. The Morgan fingerprint density at radius 1 is 1.32 bits per heavy atom. The van der Waals surface area contributed by atoms with Crippen LogP contribution in [0.1, 0.15) is 16.3 Å². The van der Waals surface area contributed by atoms with Crippen LogP contribution in [0.3, 0.4) is 0 Å². The highest BCUT2D eigenvalue weighted by molar-refractivity contribution is 14.0. The van der Waals surface area contributed by atoms with Crippen molar-refractivity contribution in [3.05, 3.63) is 45.9 Å². The number of carbonyl (C=O) groups excluding carboxylic acids is 1. The number of carbonyl (C=O) groups is 1. The lowest BCUT2D eigenvalue weighted by Gasteiger charge is -2.18. The van der Waals surface area contributed by atoms with E-state index in [1.54, 1.807) is 4.90 Å². The first-order valence-corrected chi connectivity index (χ1v) is 9.11. The van der Waals surface area contributed by atoms with Crippen LogP contribution in [-0.4, -0.2) is 37.0 Å². The van der Waals surface area contributed by atoms with Gasteiger partial charge in [-0.1, -0.05) is 18.2 Å². The molecule has 0 bridgehead atoms. The van der Waals surface area contributed by atoms with E-state index in [0.717, 1.165) is 34.4 Å². The lowest BCUT2D eigenvalue weighted by Crippen LogP contribution is -2.44. The lowest BCUT2D eigenvalue weighted by atomic mass is 10.2. The maximum atomic E-state index is 12.6. The van der Waals surface area contributed by atoms with E-state index in [1.165, 1.54) is 7.05 Å². The number of benzene rings is 1. The molecule has 0 saturated carbocycles. The third-order valence-electron chi connectivity index (χ3n) is 4.07. The fourth-order valence-electron chi connectivity index (χ4n) is 2.75. The summed E-state index contributed by atoms with van der Waals surface area (Å²) in [5, 5.41) is 7.01. The molecule has 3 rings (SSSR count). The molecule has 2 aromatic rings. The number of anilines is 1. The fraction of sp³-hybridized carbons (Fsp3) is 0.353. The molecule has 0 saturated heterocycles. The number of halogens is 4. The Morgan fingerprint density at radius 2 is 2.07 bits per heavy atom. The van der Waals surface area contributed by atoms with Crippen LogP contribution in [0.15, 0.2) is 34.6 Å². The minimum Gasteiger partial charge on any atom is -0.350 e. The van der Waals surface area contributed by atoms with Crippen molar-refractivity contribution in [2.75, 3.05) is 25.0 Å². The molecule has 11 heteroatoms. The summed E-state index contributed by atoms with van der Waals surface area (Å²) in [6.07, 6.45) is -3.63. The molecule has 1 amide bonds. The van der Waals surface area contributed by atoms with Gasteiger partial charge in [-0.3, -0.25) is 9.79 Å². The largest absolute Gasteiger partial charge is 0.434 e. The second kappa shape index (κ2) is 9.54. The monoisotopic (exact) mass is 525 g/mol. The quantitative estimate of drug-likeness (QED) is 0.366. The zero-order valence-corrected chi connectivity index (χ0v) is 18.1. The van der Waals surface area contributed by atoms with Crippen LogP contribution >= 0.6 is 35.3 Å². The van der Waals surface area contributed by atoms with Gasteiger partial charge >= 0.3 is 6.18 Å². The van der Waals surface area contributed by atoms with Gasteiger partial charge in [-0.25, -0.2) is 4.98 Å². The van der Waals surface area contributed by atoms with Gasteiger partial charge in [-0.05, 0) is 18.1 Å². The molecule has 0 aliphatic carbocycles. The maximum Gasteiger partial charge on any atom is 0.434 e. The summed E-state index contributed by atoms with van der Waals surface area (Å²) in [4.78, 5) is 21.7. The molecule has 1 aromatic heterocycles. The zero-order chi connectivity index (χ0) is 19.4. The summed E-state index contributed by atoms with van der Waals surface area (Å²) in [5.41, 5.74) is 1.14. The highest BCUT2D eigenvalue weighted by atomic mass is 127. The van der Waals surface area contributed by atoms with Crippen molar-refractivity contribution < 1.29 is 18.0 Å². The van der Waals surface area contributed by atoms with Crippen molar-refractivity contribution in [3.63, 3.8) is 0 Å². The fourth-order valence-corrected chi connectivity index (χ4v) is 3.49. The van der Waals surface area contributed by atoms with Crippen LogP contribution in [-0.2, 0) is 23.9 Å². The topological polar surface area (TPSA) is 69.6 Å². The van der Waals surface area contributed by atoms with Gasteiger partial charge in [0.2, 0.25) is 5.91 Å². The summed E-state index contributed by atoms with van der Waals surface area (Å²) in [7, 11) is 1.52. The van der Waals surface area contributed by atoms with E-state index in [-0.39, 0.29) is 48.0 Å². The standard InChI is InChI=1S/C17H18F3N5OS.HI/c1-21-16(22-8-14-24-13(10-27-14)17(18,19)20)23-9-15(26)25-7-6-11-4-2-3-5-12(11)25;/h2-5,10H,6-9H2,1H3,(H2,21,22,23);1H. The Hall–Kier alpha value is -1.89. The molecule has 6 nitrogen and oxygen atoms in total. The van der Waals surface area contributed by atoms with Gasteiger partial charge in [0, 0.05) is 24.7 Å².